The van der Waals surface area contributed by atoms with E-state index >= 15 is 0 Å². The lowest BCUT2D eigenvalue weighted by molar-refractivity contribution is -0.133. The number of thiophene rings is 1. The van der Waals surface area contributed by atoms with E-state index < -0.39 is 0 Å². The Morgan fingerprint density at radius 1 is 1.18 bits per heavy atom. The molecule has 1 fully saturated rings. The minimum atomic E-state index is -0.0676. The van der Waals surface area contributed by atoms with Crippen molar-refractivity contribution in [3.63, 3.8) is 0 Å². The Hall–Kier alpha value is -2.51. The van der Waals surface area contributed by atoms with Gasteiger partial charge in [-0.25, -0.2) is 4.98 Å². The molecule has 3 heterocycles. The van der Waals surface area contributed by atoms with Crippen molar-refractivity contribution < 1.29 is 4.79 Å². The Morgan fingerprint density at radius 2 is 2.00 bits per heavy atom. The summed E-state index contributed by atoms with van der Waals surface area (Å²) in [5.41, 5.74) is 2.52. The molecule has 0 radical (unpaired) electrons. The number of carbonyl (C=O) groups excluding carboxylic acids is 1. The van der Waals surface area contributed by atoms with E-state index in [1.54, 1.807) is 17.0 Å². The molecule has 1 saturated heterocycles. The van der Waals surface area contributed by atoms with E-state index in [4.69, 9.17) is 0 Å². The van der Waals surface area contributed by atoms with Gasteiger partial charge in [-0.1, -0.05) is 29.8 Å². The lowest BCUT2D eigenvalue weighted by Gasteiger charge is -2.35. The molecule has 28 heavy (non-hydrogen) atoms. The predicted molar refractivity (Wildman–Crippen MR) is 112 cm³/mol. The molecule has 7 heteroatoms. The number of aryl methyl sites for hydroxylation is 2. The van der Waals surface area contributed by atoms with Gasteiger partial charge in [-0.2, -0.15) is 0 Å². The standard InChI is InChI=1S/C21H24N4O2S/c1-16-3-2-4-17(13-16)14-23-8-10-24(11-9-23)19(26)5-7-25-15-22-20-18(21(25)27)6-12-28-20/h2-4,6,12-13,15H,5,7-11,14H2,1H3. The molecule has 2 aromatic heterocycles. The molecular weight excluding hydrogens is 372 g/mol. The number of aromatic nitrogens is 2. The highest BCUT2D eigenvalue weighted by molar-refractivity contribution is 7.16. The Kier molecular flexibility index (Phi) is 5.54. The van der Waals surface area contributed by atoms with E-state index in [0.29, 0.717) is 18.4 Å². The van der Waals surface area contributed by atoms with Crippen LogP contribution in [0.3, 0.4) is 0 Å². The van der Waals surface area contributed by atoms with Crippen LogP contribution in [0.25, 0.3) is 10.2 Å². The lowest BCUT2D eigenvalue weighted by atomic mass is 10.1. The average molecular weight is 397 g/mol. The summed E-state index contributed by atoms with van der Waals surface area (Å²) in [6.45, 7) is 6.63. The van der Waals surface area contributed by atoms with E-state index in [-0.39, 0.29) is 11.5 Å². The summed E-state index contributed by atoms with van der Waals surface area (Å²) in [6, 6.07) is 10.4. The number of amides is 1. The van der Waals surface area contributed by atoms with Crippen LogP contribution in [0.15, 0.2) is 46.8 Å². The molecule has 6 nitrogen and oxygen atoms in total. The Labute approximate surface area is 168 Å². The summed E-state index contributed by atoms with van der Waals surface area (Å²) in [6.07, 6.45) is 1.88. The maximum absolute atomic E-state index is 12.6. The van der Waals surface area contributed by atoms with Gasteiger partial charge in [-0.05, 0) is 23.9 Å². The van der Waals surface area contributed by atoms with Crippen molar-refractivity contribution in [2.45, 2.75) is 26.4 Å². The van der Waals surface area contributed by atoms with Gasteiger partial charge in [-0.3, -0.25) is 19.1 Å². The van der Waals surface area contributed by atoms with Crippen LogP contribution in [0, 0.1) is 6.92 Å². The Balaban J connectivity index is 1.29. The smallest absolute Gasteiger partial charge is 0.262 e. The van der Waals surface area contributed by atoms with Crippen molar-refractivity contribution >= 4 is 27.5 Å². The minimum Gasteiger partial charge on any atom is -0.340 e. The maximum atomic E-state index is 12.6. The molecule has 0 bridgehead atoms. The van der Waals surface area contributed by atoms with Crippen LogP contribution < -0.4 is 5.56 Å². The third-order valence-corrected chi connectivity index (χ3v) is 6.05. The van der Waals surface area contributed by atoms with Gasteiger partial charge in [0.1, 0.15) is 4.83 Å². The van der Waals surface area contributed by atoms with Gasteiger partial charge in [0.25, 0.3) is 5.56 Å². The highest BCUT2D eigenvalue weighted by Gasteiger charge is 2.21. The second-order valence-electron chi connectivity index (χ2n) is 7.28. The van der Waals surface area contributed by atoms with Gasteiger partial charge in [-0.15, -0.1) is 11.3 Å². The van der Waals surface area contributed by atoms with Gasteiger partial charge < -0.3 is 4.90 Å². The fourth-order valence-electron chi connectivity index (χ4n) is 3.65. The summed E-state index contributed by atoms with van der Waals surface area (Å²) in [5, 5.41) is 2.50. The second kappa shape index (κ2) is 8.24. The van der Waals surface area contributed by atoms with Gasteiger partial charge >= 0.3 is 0 Å². The molecule has 0 saturated carbocycles. The fraction of sp³-hybridized carbons (Fsp3) is 0.381. The monoisotopic (exact) mass is 396 g/mol. The number of benzene rings is 1. The molecule has 1 aliphatic rings. The molecule has 1 aliphatic heterocycles. The summed E-state index contributed by atoms with van der Waals surface area (Å²) in [4.78, 5) is 34.3. The lowest BCUT2D eigenvalue weighted by Crippen LogP contribution is -2.48. The number of fused-ring (bicyclic) bond motifs is 1. The van der Waals surface area contributed by atoms with Crippen LogP contribution in [0.2, 0.25) is 0 Å². The number of rotatable bonds is 5. The van der Waals surface area contributed by atoms with Crippen molar-refractivity contribution in [2.75, 3.05) is 26.2 Å². The van der Waals surface area contributed by atoms with Crippen molar-refractivity contribution in [1.29, 1.82) is 0 Å². The maximum Gasteiger partial charge on any atom is 0.262 e. The largest absolute Gasteiger partial charge is 0.340 e. The van der Waals surface area contributed by atoms with E-state index in [0.717, 1.165) is 37.6 Å². The number of hydrogen-bond acceptors (Lipinski definition) is 5. The van der Waals surface area contributed by atoms with Crippen molar-refractivity contribution in [1.82, 2.24) is 19.4 Å². The van der Waals surface area contributed by atoms with Crippen LogP contribution in [-0.2, 0) is 17.9 Å². The molecule has 0 atom stereocenters. The van der Waals surface area contributed by atoms with Gasteiger partial charge in [0.15, 0.2) is 0 Å². The number of hydrogen-bond donors (Lipinski definition) is 0. The number of piperazine rings is 1. The van der Waals surface area contributed by atoms with Crippen molar-refractivity contribution in [3.8, 4) is 0 Å². The van der Waals surface area contributed by atoms with Gasteiger partial charge in [0.05, 0.1) is 11.7 Å². The van der Waals surface area contributed by atoms with Crippen molar-refractivity contribution in [2.24, 2.45) is 0 Å². The molecule has 1 aromatic carbocycles. The molecule has 0 unspecified atom stereocenters. The summed E-state index contributed by atoms with van der Waals surface area (Å²) >= 11 is 1.45. The highest BCUT2D eigenvalue weighted by Crippen LogP contribution is 2.14. The molecule has 4 rings (SSSR count). The van der Waals surface area contributed by atoms with Crippen LogP contribution in [0.5, 0.6) is 0 Å². The van der Waals surface area contributed by atoms with Crippen LogP contribution in [0.1, 0.15) is 17.5 Å². The van der Waals surface area contributed by atoms with E-state index in [1.807, 2.05) is 10.3 Å². The molecule has 146 valence electrons. The van der Waals surface area contributed by atoms with E-state index in [1.165, 1.54) is 22.5 Å². The fourth-order valence-corrected chi connectivity index (χ4v) is 4.37. The zero-order valence-electron chi connectivity index (χ0n) is 16.0. The third kappa shape index (κ3) is 4.15. The Morgan fingerprint density at radius 3 is 2.79 bits per heavy atom. The second-order valence-corrected chi connectivity index (χ2v) is 8.17. The predicted octanol–water partition coefficient (Wildman–Crippen LogP) is 2.50. The van der Waals surface area contributed by atoms with Gasteiger partial charge in [0.2, 0.25) is 5.91 Å². The summed E-state index contributed by atoms with van der Waals surface area (Å²) < 4.78 is 1.54. The van der Waals surface area contributed by atoms with E-state index in [9.17, 15) is 9.59 Å². The molecular formula is C21H24N4O2S. The van der Waals surface area contributed by atoms with Crippen molar-refractivity contribution in [3.05, 3.63) is 63.5 Å². The molecule has 1 amide bonds. The molecule has 0 spiro atoms. The molecule has 0 N–H and O–H groups in total. The zero-order valence-corrected chi connectivity index (χ0v) is 16.8. The number of nitrogens with zero attached hydrogens (tertiary/aromatic N) is 4. The van der Waals surface area contributed by atoms with Gasteiger partial charge in [0, 0.05) is 45.7 Å². The van der Waals surface area contributed by atoms with Crippen LogP contribution in [0.4, 0.5) is 0 Å². The van der Waals surface area contributed by atoms with Crippen LogP contribution in [-0.4, -0.2) is 51.4 Å². The van der Waals surface area contributed by atoms with E-state index in [2.05, 4.69) is 41.1 Å². The zero-order chi connectivity index (χ0) is 19.5. The third-order valence-electron chi connectivity index (χ3n) is 5.23. The quantitative estimate of drug-likeness (QED) is 0.665. The summed E-state index contributed by atoms with van der Waals surface area (Å²) in [5.74, 6) is 0.104. The molecule has 0 aliphatic carbocycles. The first-order valence-electron chi connectivity index (χ1n) is 9.58. The Bertz CT molecular complexity index is 1030. The highest BCUT2D eigenvalue weighted by atomic mass is 32.1. The summed E-state index contributed by atoms with van der Waals surface area (Å²) in [7, 11) is 0. The first kappa shape index (κ1) is 18.8. The molecule has 3 aromatic rings. The van der Waals surface area contributed by atoms with Crippen LogP contribution >= 0.6 is 11.3 Å². The first-order chi connectivity index (χ1) is 13.6. The minimum absolute atomic E-state index is 0.0676. The SMILES string of the molecule is Cc1cccc(CN2CCN(C(=O)CCn3cnc4sccc4c3=O)CC2)c1. The normalized spacial score (nSPS) is 15.2. The topological polar surface area (TPSA) is 58.4 Å². The number of carbonyl (C=O) groups is 1. The first-order valence-corrected chi connectivity index (χ1v) is 10.5. The average Bonchev–Trinajstić information content (AvgIpc) is 3.18.